The number of aliphatic imine (C=N–C) groups is 1. The Bertz CT molecular complexity index is 553. The van der Waals surface area contributed by atoms with E-state index >= 15 is 0 Å². The minimum absolute atomic E-state index is 0. The number of nitrogens with one attached hydrogen (secondary N) is 2. The number of hydrogen-bond acceptors (Lipinski definition) is 4. The Morgan fingerprint density at radius 2 is 2.04 bits per heavy atom. The molecule has 0 saturated heterocycles. The van der Waals surface area contributed by atoms with Crippen molar-refractivity contribution < 1.29 is 18.3 Å². The number of aliphatic hydroxyl groups is 1. The Hall–Kier alpha value is -0.620. The third kappa shape index (κ3) is 11.1. The van der Waals surface area contributed by atoms with Gasteiger partial charge in [0.05, 0.1) is 5.01 Å². The largest absolute Gasteiger partial charge is 0.434 e. The predicted molar refractivity (Wildman–Crippen MR) is 115 cm³/mol. The van der Waals surface area contributed by atoms with E-state index in [4.69, 9.17) is 0 Å². The third-order valence-corrected chi connectivity index (χ3v) is 4.58. The number of nitrogens with zero attached hydrogens (tertiary/aromatic N) is 2. The van der Waals surface area contributed by atoms with Crippen molar-refractivity contribution >= 4 is 41.3 Å². The van der Waals surface area contributed by atoms with E-state index in [9.17, 15) is 18.3 Å². The first-order valence-corrected chi connectivity index (χ1v) is 9.78. The number of aromatic nitrogens is 1. The molecule has 0 fully saturated rings. The van der Waals surface area contributed by atoms with Gasteiger partial charge in [0.1, 0.15) is 0 Å². The molecule has 0 bridgehead atoms. The van der Waals surface area contributed by atoms with E-state index in [0.29, 0.717) is 55.3 Å². The summed E-state index contributed by atoms with van der Waals surface area (Å²) in [5.41, 5.74) is -0.835. The SMILES string of the molecule is CCNC(=NCC(CCO)CC(C)C)NCCc1nc(C(F)(F)F)cs1.I. The summed E-state index contributed by atoms with van der Waals surface area (Å²) >= 11 is 1.01. The first-order valence-electron chi connectivity index (χ1n) is 8.90. The second kappa shape index (κ2) is 13.5. The van der Waals surface area contributed by atoms with Gasteiger partial charge in [-0.05, 0) is 31.6 Å². The number of rotatable bonds is 10. The summed E-state index contributed by atoms with van der Waals surface area (Å²) in [6.07, 6.45) is -2.29. The highest BCUT2D eigenvalue weighted by atomic mass is 127. The van der Waals surface area contributed by atoms with Crippen LogP contribution in [-0.4, -0.2) is 42.3 Å². The molecule has 1 aromatic heterocycles. The van der Waals surface area contributed by atoms with Crippen LogP contribution in [0.4, 0.5) is 13.2 Å². The van der Waals surface area contributed by atoms with Crippen LogP contribution in [-0.2, 0) is 12.6 Å². The van der Waals surface area contributed by atoms with Crippen molar-refractivity contribution in [2.24, 2.45) is 16.8 Å². The highest BCUT2D eigenvalue weighted by molar-refractivity contribution is 14.0. The molecule has 0 aliphatic rings. The van der Waals surface area contributed by atoms with Gasteiger partial charge in [0.25, 0.3) is 0 Å². The van der Waals surface area contributed by atoms with Crippen LogP contribution in [0.3, 0.4) is 0 Å². The predicted octanol–water partition coefficient (Wildman–Crippen LogP) is 3.92. The Morgan fingerprint density at radius 3 is 2.56 bits per heavy atom. The Labute approximate surface area is 180 Å². The van der Waals surface area contributed by atoms with Crippen molar-refractivity contribution in [3.8, 4) is 0 Å². The zero-order valence-corrected chi connectivity index (χ0v) is 19.1. The fourth-order valence-corrected chi connectivity index (χ4v) is 3.34. The summed E-state index contributed by atoms with van der Waals surface area (Å²) in [5, 5.41) is 16.9. The zero-order chi connectivity index (χ0) is 19.6. The van der Waals surface area contributed by atoms with Gasteiger partial charge < -0.3 is 15.7 Å². The molecule has 0 radical (unpaired) electrons. The molecule has 10 heteroatoms. The molecule has 1 rings (SSSR count). The monoisotopic (exact) mass is 522 g/mol. The van der Waals surface area contributed by atoms with Crippen molar-refractivity contribution in [3.05, 3.63) is 16.1 Å². The van der Waals surface area contributed by atoms with Gasteiger partial charge in [0.2, 0.25) is 0 Å². The fourth-order valence-electron chi connectivity index (χ4n) is 2.54. The molecule has 0 aliphatic carbocycles. The van der Waals surface area contributed by atoms with Crippen molar-refractivity contribution in [1.29, 1.82) is 0 Å². The van der Waals surface area contributed by atoms with Crippen molar-refractivity contribution in [2.45, 2.75) is 46.2 Å². The second-order valence-corrected chi connectivity index (χ2v) is 7.47. The minimum atomic E-state index is -4.39. The number of hydrogen-bond donors (Lipinski definition) is 3. The third-order valence-electron chi connectivity index (χ3n) is 3.67. The summed E-state index contributed by atoms with van der Waals surface area (Å²) in [6.45, 7) is 8.11. The molecule has 1 atom stereocenters. The maximum Gasteiger partial charge on any atom is 0.434 e. The van der Waals surface area contributed by atoms with Crippen LogP contribution < -0.4 is 10.6 Å². The number of aliphatic hydroxyl groups excluding tert-OH is 1. The lowest BCUT2D eigenvalue weighted by Gasteiger charge is -2.17. The fraction of sp³-hybridized carbons (Fsp3) is 0.765. The molecule has 1 heterocycles. The Morgan fingerprint density at radius 1 is 1.33 bits per heavy atom. The van der Waals surface area contributed by atoms with Gasteiger partial charge in [0, 0.05) is 38.0 Å². The van der Waals surface area contributed by atoms with E-state index in [0.717, 1.165) is 23.1 Å². The standard InChI is InChI=1S/C17H29F3N4OS.HI/c1-4-21-16(23-10-13(6-8-25)9-12(2)3)22-7-5-15-24-14(11-26-15)17(18,19)20;/h11-13,25H,4-10H2,1-3H3,(H2,21,22,23);1H. The number of alkyl halides is 3. The molecule has 158 valence electrons. The smallest absolute Gasteiger partial charge is 0.396 e. The molecule has 27 heavy (non-hydrogen) atoms. The van der Waals surface area contributed by atoms with Crippen molar-refractivity contribution in [1.82, 2.24) is 15.6 Å². The highest BCUT2D eigenvalue weighted by Gasteiger charge is 2.33. The van der Waals surface area contributed by atoms with Gasteiger partial charge in [-0.2, -0.15) is 13.2 Å². The van der Waals surface area contributed by atoms with E-state index in [1.165, 1.54) is 0 Å². The average Bonchev–Trinajstić information content (AvgIpc) is 3.01. The summed E-state index contributed by atoms with van der Waals surface area (Å²) in [6, 6.07) is 0. The van der Waals surface area contributed by atoms with Crippen molar-refractivity contribution in [3.63, 3.8) is 0 Å². The van der Waals surface area contributed by atoms with Crippen LogP contribution >= 0.6 is 35.3 Å². The van der Waals surface area contributed by atoms with E-state index in [2.05, 4.69) is 34.5 Å². The zero-order valence-electron chi connectivity index (χ0n) is 16.0. The maximum atomic E-state index is 12.6. The number of thiazole rings is 1. The molecule has 0 aromatic carbocycles. The van der Waals surface area contributed by atoms with Gasteiger partial charge in [-0.3, -0.25) is 4.99 Å². The van der Waals surface area contributed by atoms with E-state index in [1.54, 1.807) is 0 Å². The number of guanidine groups is 1. The summed E-state index contributed by atoms with van der Waals surface area (Å²) in [5.74, 6) is 1.47. The van der Waals surface area contributed by atoms with Gasteiger partial charge in [0.15, 0.2) is 11.7 Å². The summed E-state index contributed by atoms with van der Waals surface area (Å²) in [7, 11) is 0. The molecule has 0 saturated carbocycles. The normalized spacial score (nSPS) is 13.4. The Balaban J connectivity index is 0.00000676. The van der Waals surface area contributed by atoms with Crippen LogP contribution in [0.1, 0.15) is 44.3 Å². The topological polar surface area (TPSA) is 69.5 Å². The second-order valence-electron chi connectivity index (χ2n) is 6.53. The summed E-state index contributed by atoms with van der Waals surface area (Å²) < 4.78 is 37.7. The van der Waals surface area contributed by atoms with Crippen LogP contribution in [0.15, 0.2) is 10.4 Å². The molecule has 1 unspecified atom stereocenters. The van der Waals surface area contributed by atoms with Crippen molar-refractivity contribution in [2.75, 3.05) is 26.2 Å². The lowest BCUT2D eigenvalue weighted by molar-refractivity contribution is -0.140. The highest BCUT2D eigenvalue weighted by Crippen LogP contribution is 2.30. The van der Waals surface area contributed by atoms with E-state index in [1.807, 2.05) is 6.92 Å². The summed E-state index contributed by atoms with van der Waals surface area (Å²) in [4.78, 5) is 8.17. The van der Waals surface area contributed by atoms with E-state index in [-0.39, 0.29) is 30.6 Å². The van der Waals surface area contributed by atoms with Gasteiger partial charge in [-0.15, -0.1) is 35.3 Å². The molecule has 0 spiro atoms. The minimum Gasteiger partial charge on any atom is -0.396 e. The molecule has 3 N–H and O–H groups in total. The van der Waals surface area contributed by atoms with Crippen LogP contribution in [0, 0.1) is 11.8 Å². The quantitative estimate of drug-likeness (QED) is 0.248. The molecule has 0 aliphatic heterocycles. The Kier molecular flexibility index (Phi) is 13.2. The molecular weight excluding hydrogens is 492 g/mol. The lowest BCUT2D eigenvalue weighted by atomic mass is 9.94. The molecular formula is C17H30F3IN4OS. The number of halogens is 4. The lowest BCUT2D eigenvalue weighted by Crippen LogP contribution is -2.38. The van der Waals surface area contributed by atoms with Gasteiger partial charge >= 0.3 is 6.18 Å². The molecule has 5 nitrogen and oxygen atoms in total. The first kappa shape index (κ1) is 26.4. The van der Waals surface area contributed by atoms with E-state index < -0.39 is 11.9 Å². The molecule has 1 aromatic rings. The maximum absolute atomic E-state index is 12.6. The average molecular weight is 522 g/mol. The van der Waals surface area contributed by atoms with Gasteiger partial charge in [-0.25, -0.2) is 4.98 Å². The molecule has 0 amide bonds. The first-order chi connectivity index (χ1) is 12.3. The van der Waals surface area contributed by atoms with Crippen LogP contribution in [0.25, 0.3) is 0 Å². The van der Waals surface area contributed by atoms with Gasteiger partial charge in [-0.1, -0.05) is 13.8 Å². The van der Waals surface area contributed by atoms with Crippen LogP contribution in [0.2, 0.25) is 0 Å². The van der Waals surface area contributed by atoms with Crippen LogP contribution in [0.5, 0.6) is 0 Å².